The maximum Gasteiger partial charge on any atom is 0.269 e. The molecule has 100 valence electrons. The minimum absolute atomic E-state index is 0.193. The van der Waals surface area contributed by atoms with E-state index in [1.165, 1.54) is 24.5 Å². The minimum Gasteiger partial charge on any atom is -0.298 e. The lowest BCUT2D eigenvalue weighted by Crippen LogP contribution is -2.12. The molecule has 3 rings (SSSR count). The van der Waals surface area contributed by atoms with Crippen LogP contribution in [0.25, 0.3) is 11.0 Å². The molecule has 0 fully saturated rings. The zero-order valence-electron chi connectivity index (χ0n) is 10.3. The summed E-state index contributed by atoms with van der Waals surface area (Å²) in [5.41, 5.74) is 0.715. The number of carbonyl (C=O) groups excluding carboxylic acids is 1. The Morgan fingerprint density at radius 1 is 1.10 bits per heavy atom. The fraction of sp³-hybridized carbons (Fsp3) is 0. The summed E-state index contributed by atoms with van der Waals surface area (Å²) in [5.74, 6) is 0. The first kappa shape index (κ1) is 12.6. The molecule has 0 bridgehead atoms. The van der Waals surface area contributed by atoms with Crippen LogP contribution in [-0.2, 0) is 10.0 Å². The van der Waals surface area contributed by atoms with Gasteiger partial charge in [0.15, 0.2) is 11.9 Å². The quantitative estimate of drug-likeness (QED) is 0.691. The molecule has 0 saturated carbocycles. The fourth-order valence-electron chi connectivity index (χ4n) is 1.98. The molecular weight excluding hydrogens is 276 g/mol. The highest BCUT2D eigenvalue weighted by Gasteiger charge is 2.19. The third-order valence-corrected chi connectivity index (χ3v) is 4.63. The van der Waals surface area contributed by atoms with Gasteiger partial charge in [0.1, 0.15) is 0 Å². The number of hydrogen-bond acceptors (Lipinski definition) is 4. The molecule has 0 aliphatic heterocycles. The second kappa shape index (κ2) is 4.57. The second-order valence-electron chi connectivity index (χ2n) is 4.23. The van der Waals surface area contributed by atoms with E-state index >= 15 is 0 Å². The molecule has 0 spiro atoms. The van der Waals surface area contributed by atoms with Gasteiger partial charge >= 0.3 is 0 Å². The highest BCUT2D eigenvalue weighted by Crippen LogP contribution is 2.20. The van der Waals surface area contributed by atoms with Gasteiger partial charge in [-0.05, 0) is 24.3 Å². The van der Waals surface area contributed by atoms with Crippen LogP contribution in [0.5, 0.6) is 0 Å². The molecule has 0 radical (unpaired) electrons. The van der Waals surface area contributed by atoms with E-state index in [1.807, 2.05) is 0 Å². The van der Waals surface area contributed by atoms with Crippen molar-refractivity contribution in [1.82, 2.24) is 8.96 Å². The molecule has 6 heteroatoms. The Bertz CT molecular complexity index is 883. The van der Waals surface area contributed by atoms with Crippen molar-refractivity contribution in [2.75, 3.05) is 0 Å². The van der Waals surface area contributed by atoms with Gasteiger partial charge in [0, 0.05) is 23.3 Å². The molecule has 0 aliphatic carbocycles. The Morgan fingerprint density at radius 3 is 2.55 bits per heavy atom. The van der Waals surface area contributed by atoms with Gasteiger partial charge in [-0.15, -0.1) is 0 Å². The maximum absolute atomic E-state index is 12.5. The monoisotopic (exact) mass is 286 g/mol. The van der Waals surface area contributed by atoms with E-state index in [1.54, 1.807) is 30.3 Å². The van der Waals surface area contributed by atoms with Crippen molar-refractivity contribution >= 4 is 27.3 Å². The summed E-state index contributed by atoms with van der Waals surface area (Å²) in [4.78, 5) is 15.0. The van der Waals surface area contributed by atoms with E-state index in [4.69, 9.17) is 0 Å². The van der Waals surface area contributed by atoms with Crippen molar-refractivity contribution in [1.29, 1.82) is 0 Å². The minimum atomic E-state index is -3.68. The Balaban J connectivity index is 2.23. The molecule has 2 aromatic heterocycles. The van der Waals surface area contributed by atoms with E-state index < -0.39 is 10.0 Å². The summed E-state index contributed by atoms with van der Waals surface area (Å²) < 4.78 is 26.2. The van der Waals surface area contributed by atoms with E-state index in [2.05, 4.69) is 4.98 Å². The topological polar surface area (TPSA) is 69.0 Å². The summed E-state index contributed by atoms with van der Waals surface area (Å²) in [7, 11) is -3.68. The standard InChI is InChI=1S/C14H10N2O3S/c17-10-11-8-12-6-7-16(14(12)15-9-11)20(18,19)13-4-2-1-3-5-13/h1-10H. The number of hydrogen-bond donors (Lipinski definition) is 0. The van der Waals surface area contributed by atoms with Crippen LogP contribution in [0.3, 0.4) is 0 Å². The number of nitrogens with zero attached hydrogens (tertiary/aromatic N) is 2. The van der Waals surface area contributed by atoms with Gasteiger partial charge in [0.25, 0.3) is 10.0 Å². The van der Waals surface area contributed by atoms with Crippen LogP contribution in [-0.4, -0.2) is 23.7 Å². The Labute approximate surface area is 115 Å². The van der Waals surface area contributed by atoms with Gasteiger partial charge in [0.05, 0.1) is 4.90 Å². The number of pyridine rings is 1. The molecule has 2 heterocycles. The van der Waals surface area contributed by atoms with E-state index in [0.29, 0.717) is 22.9 Å². The zero-order valence-corrected chi connectivity index (χ0v) is 11.1. The Hall–Kier alpha value is -2.47. The highest BCUT2D eigenvalue weighted by atomic mass is 32.2. The molecule has 0 aliphatic rings. The first-order valence-corrected chi connectivity index (χ1v) is 7.30. The first-order chi connectivity index (χ1) is 9.63. The fourth-order valence-corrected chi connectivity index (χ4v) is 3.31. The second-order valence-corrected chi connectivity index (χ2v) is 6.04. The van der Waals surface area contributed by atoms with Gasteiger partial charge in [-0.2, -0.15) is 0 Å². The maximum atomic E-state index is 12.5. The van der Waals surface area contributed by atoms with E-state index in [-0.39, 0.29) is 4.90 Å². The van der Waals surface area contributed by atoms with Gasteiger partial charge in [-0.3, -0.25) is 4.79 Å². The summed E-state index contributed by atoms with van der Waals surface area (Å²) in [6.45, 7) is 0. The predicted octanol–water partition coefficient (Wildman–Crippen LogP) is 2.09. The van der Waals surface area contributed by atoms with Crippen molar-refractivity contribution < 1.29 is 13.2 Å². The number of rotatable bonds is 3. The number of aromatic nitrogens is 2. The smallest absolute Gasteiger partial charge is 0.269 e. The van der Waals surface area contributed by atoms with Crippen LogP contribution in [0.1, 0.15) is 10.4 Å². The highest BCUT2D eigenvalue weighted by molar-refractivity contribution is 7.90. The average Bonchev–Trinajstić information content (AvgIpc) is 2.91. The van der Waals surface area contributed by atoms with Crippen molar-refractivity contribution in [2.24, 2.45) is 0 Å². The molecular formula is C14H10N2O3S. The van der Waals surface area contributed by atoms with Crippen molar-refractivity contribution in [3.63, 3.8) is 0 Å². The van der Waals surface area contributed by atoms with Crippen LogP contribution in [0.15, 0.2) is 59.8 Å². The Morgan fingerprint density at radius 2 is 1.85 bits per heavy atom. The number of carbonyl (C=O) groups is 1. The predicted molar refractivity (Wildman–Crippen MR) is 74.1 cm³/mol. The van der Waals surface area contributed by atoms with E-state index in [0.717, 1.165) is 3.97 Å². The van der Waals surface area contributed by atoms with Crippen molar-refractivity contribution in [3.8, 4) is 0 Å². The van der Waals surface area contributed by atoms with Crippen LogP contribution in [0, 0.1) is 0 Å². The molecule has 5 nitrogen and oxygen atoms in total. The van der Waals surface area contributed by atoms with Gasteiger partial charge in [-0.1, -0.05) is 18.2 Å². The average molecular weight is 286 g/mol. The lowest BCUT2D eigenvalue weighted by atomic mass is 10.2. The molecule has 0 N–H and O–H groups in total. The van der Waals surface area contributed by atoms with Crippen LogP contribution in [0.4, 0.5) is 0 Å². The molecule has 1 aromatic carbocycles. The SMILES string of the molecule is O=Cc1cnc2c(ccn2S(=O)(=O)c2ccccc2)c1. The first-order valence-electron chi connectivity index (χ1n) is 5.86. The number of benzene rings is 1. The third-order valence-electron chi connectivity index (χ3n) is 2.95. The summed E-state index contributed by atoms with van der Waals surface area (Å²) >= 11 is 0. The molecule has 0 unspecified atom stereocenters. The molecule has 0 atom stereocenters. The van der Waals surface area contributed by atoms with E-state index in [9.17, 15) is 13.2 Å². The number of aldehydes is 1. The van der Waals surface area contributed by atoms with Gasteiger partial charge in [0.2, 0.25) is 0 Å². The van der Waals surface area contributed by atoms with Crippen LogP contribution in [0.2, 0.25) is 0 Å². The molecule has 0 amide bonds. The molecule has 0 saturated heterocycles. The lowest BCUT2D eigenvalue weighted by molar-refractivity contribution is 0.112. The third kappa shape index (κ3) is 1.90. The summed E-state index contributed by atoms with van der Waals surface area (Å²) in [6, 6.07) is 11.4. The largest absolute Gasteiger partial charge is 0.298 e. The van der Waals surface area contributed by atoms with Crippen molar-refractivity contribution in [2.45, 2.75) is 4.90 Å². The van der Waals surface area contributed by atoms with Crippen LogP contribution < -0.4 is 0 Å². The zero-order chi connectivity index (χ0) is 14.2. The lowest BCUT2D eigenvalue weighted by Gasteiger charge is -2.06. The molecule has 3 aromatic rings. The van der Waals surface area contributed by atoms with Crippen molar-refractivity contribution in [3.05, 3.63) is 60.4 Å². The molecule has 20 heavy (non-hydrogen) atoms. The Kier molecular flexibility index (Phi) is 2.87. The van der Waals surface area contributed by atoms with Crippen LogP contribution >= 0.6 is 0 Å². The number of fused-ring (bicyclic) bond motifs is 1. The van der Waals surface area contributed by atoms with Gasteiger partial charge in [-0.25, -0.2) is 17.4 Å². The normalized spacial score (nSPS) is 11.6. The summed E-state index contributed by atoms with van der Waals surface area (Å²) in [6.07, 6.45) is 3.47. The van der Waals surface area contributed by atoms with Gasteiger partial charge < -0.3 is 0 Å². The summed E-state index contributed by atoms with van der Waals surface area (Å²) in [5, 5.41) is 0.606.